The van der Waals surface area contributed by atoms with Crippen LogP contribution >= 0.6 is 27.5 Å². The molecule has 0 radical (unpaired) electrons. The van der Waals surface area contributed by atoms with Gasteiger partial charge in [0.1, 0.15) is 0 Å². The van der Waals surface area contributed by atoms with Crippen LogP contribution in [0, 0.1) is 6.92 Å². The fraction of sp³-hybridized carbons (Fsp3) is 0.0667. The average Bonchev–Trinajstić information content (AvgIpc) is 2.43. The number of carbonyl (C=O) groups is 2. The Kier molecular flexibility index (Phi) is 4.98. The zero-order valence-electron chi connectivity index (χ0n) is 11.1. The molecule has 4 nitrogen and oxygen atoms in total. The molecule has 2 amide bonds. The van der Waals surface area contributed by atoms with E-state index in [9.17, 15) is 9.59 Å². The monoisotopic (exact) mass is 366 g/mol. The molecule has 0 atom stereocenters. The number of anilines is 2. The third-order valence-electron chi connectivity index (χ3n) is 2.74. The van der Waals surface area contributed by atoms with E-state index < -0.39 is 11.8 Å². The summed E-state index contributed by atoms with van der Waals surface area (Å²) in [6, 6.07) is 12.1. The van der Waals surface area contributed by atoms with Crippen LogP contribution in [0.5, 0.6) is 0 Å². The summed E-state index contributed by atoms with van der Waals surface area (Å²) in [6.45, 7) is 1.82. The van der Waals surface area contributed by atoms with Gasteiger partial charge in [0, 0.05) is 20.9 Å². The van der Waals surface area contributed by atoms with Crippen molar-refractivity contribution in [1.82, 2.24) is 0 Å². The first-order valence-corrected chi connectivity index (χ1v) is 7.27. The molecular weight excluding hydrogens is 356 g/mol. The highest BCUT2D eigenvalue weighted by molar-refractivity contribution is 9.10. The van der Waals surface area contributed by atoms with Crippen LogP contribution in [0.1, 0.15) is 5.56 Å². The highest BCUT2D eigenvalue weighted by atomic mass is 79.9. The Morgan fingerprint density at radius 1 is 1.05 bits per heavy atom. The Labute approximate surface area is 135 Å². The molecular formula is C15H12BrClN2O2. The Hall–Kier alpha value is -1.85. The minimum Gasteiger partial charge on any atom is -0.318 e. The number of benzene rings is 2. The molecule has 0 aliphatic heterocycles. The molecule has 2 N–H and O–H groups in total. The van der Waals surface area contributed by atoms with E-state index in [-0.39, 0.29) is 0 Å². The molecule has 0 fully saturated rings. The number of halogens is 2. The van der Waals surface area contributed by atoms with Crippen LogP contribution in [-0.4, -0.2) is 11.8 Å². The fourth-order valence-corrected chi connectivity index (χ4v) is 2.23. The number of nitrogens with one attached hydrogen (secondary N) is 2. The smallest absolute Gasteiger partial charge is 0.314 e. The SMILES string of the molecule is Cc1ccc(Cl)cc1NC(=O)C(=O)Nc1cccc(Br)c1. The maximum Gasteiger partial charge on any atom is 0.314 e. The summed E-state index contributed by atoms with van der Waals surface area (Å²) < 4.78 is 0.811. The van der Waals surface area contributed by atoms with Gasteiger partial charge in [0.2, 0.25) is 0 Å². The molecule has 6 heteroatoms. The van der Waals surface area contributed by atoms with Gasteiger partial charge in [-0.15, -0.1) is 0 Å². The van der Waals surface area contributed by atoms with E-state index in [0.29, 0.717) is 16.4 Å². The third kappa shape index (κ3) is 4.31. The summed E-state index contributed by atoms with van der Waals surface area (Å²) in [5.41, 5.74) is 1.87. The molecule has 2 aromatic carbocycles. The van der Waals surface area contributed by atoms with Gasteiger partial charge < -0.3 is 10.6 Å². The van der Waals surface area contributed by atoms with Gasteiger partial charge in [-0.1, -0.05) is 39.7 Å². The van der Waals surface area contributed by atoms with Gasteiger partial charge >= 0.3 is 11.8 Å². The maximum absolute atomic E-state index is 11.9. The Morgan fingerprint density at radius 2 is 1.76 bits per heavy atom. The van der Waals surface area contributed by atoms with Crippen molar-refractivity contribution in [3.8, 4) is 0 Å². The molecule has 2 aromatic rings. The summed E-state index contributed by atoms with van der Waals surface area (Å²) in [6.07, 6.45) is 0. The highest BCUT2D eigenvalue weighted by Gasteiger charge is 2.15. The van der Waals surface area contributed by atoms with E-state index in [4.69, 9.17) is 11.6 Å². The van der Waals surface area contributed by atoms with Gasteiger partial charge in [0.05, 0.1) is 0 Å². The largest absolute Gasteiger partial charge is 0.318 e. The van der Waals surface area contributed by atoms with Crippen LogP contribution < -0.4 is 10.6 Å². The molecule has 0 unspecified atom stereocenters. The normalized spacial score (nSPS) is 10.0. The number of hydrogen-bond acceptors (Lipinski definition) is 2. The zero-order valence-corrected chi connectivity index (χ0v) is 13.5. The highest BCUT2D eigenvalue weighted by Crippen LogP contribution is 2.20. The number of amides is 2. The number of aryl methyl sites for hydroxylation is 1. The third-order valence-corrected chi connectivity index (χ3v) is 3.46. The van der Waals surface area contributed by atoms with E-state index in [0.717, 1.165) is 10.0 Å². The molecule has 0 aliphatic rings. The quantitative estimate of drug-likeness (QED) is 0.789. The van der Waals surface area contributed by atoms with Gasteiger partial charge in [0.25, 0.3) is 0 Å². The average molecular weight is 368 g/mol. The fourth-order valence-electron chi connectivity index (χ4n) is 1.66. The molecule has 0 aromatic heterocycles. The van der Waals surface area contributed by atoms with Gasteiger partial charge in [-0.05, 0) is 42.8 Å². The number of rotatable bonds is 2. The predicted molar refractivity (Wildman–Crippen MR) is 87.6 cm³/mol. The van der Waals surface area contributed by atoms with Crippen molar-refractivity contribution in [1.29, 1.82) is 0 Å². The molecule has 0 spiro atoms. The van der Waals surface area contributed by atoms with E-state index in [1.54, 1.807) is 36.4 Å². The second-order valence-electron chi connectivity index (χ2n) is 4.38. The van der Waals surface area contributed by atoms with Gasteiger partial charge in [0.15, 0.2) is 0 Å². The second-order valence-corrected chi connectivity index (χ2v) is 5.73. The first-order chi connectivity index (χ1) is 9.95. The first-order valence-electron chi connectivity index (χ1n) is 6.10. The molecule has 2 rings (SSSR count). The van der Waals surface area contributed by atoms with Crippen LogP contribution in [0.15, 0.2) is 46.9 Å². The number of hydrogen-bond donors (Lipinski definition) is 2. The topological polar surface area (TPSA) is 58.2 Å². The molecule has 0 aliphatic carbocycles. The molecule has 0 heterocycles. The molecule has 108 valence electrons. The van der Waals surface area contributed by atoms with Gasteiger partial charge in [-0.25, -0.2) is 0 Å². The van der Waals surface area contributed by atoms with Crippen molar-refractivity contribution in [3.05, 3.63) is 57.5 Å². The predicted octanol–water partition coefficient (Wildman–Crippen LogP) is 3.99. The molecule has 0 saturated heterocycles. The van der Waals surface area contributed by atoms with E-state index in [2.05, 4.69) is 26.6 Å². The molecule has 21 heavy (non-hydrogen) atoms. The van der Waals surface area contributed by atoms with Crippen LogP contribution in [0.4, 0.5) is 11.4 Å². The lowest BCUT2D eigenvalue weighted by Crippen LogP contribution is -2.29. The van der Waals surface area contributed by atoms with Crippen molar-refractivity contribution < 1.29 is 9.59 Å². The maximum atomic E-state index is 11.9. The number of carbonyl (C=O) groups excluding carboxylic acids is 2. The standard InChI is InChI=1S/C15H12BrClN2O2/c1-9-5-6-11(17)8-13(9)19-15(21)14(20)18-12-4-2-3-10(16)7-12/h2-8H,1H3,(H,18,20)(H,19,21). The molecule has 0 saturated carbocycles. The van der Waals surface area contributed by atoms with Crippen LogP contribution in [0.3, 0.4) is 0 Å². The molecule has 0 bridgehead atoms. The summed E-state index contributed by atoms with van der Waals surface area (Å²) in [7, 11) is 0. The summed E-state index contributed by atoms with van der Waals surface area (Å²) in [5, 5.41) is 5.55. The van der Waals surface area contributed by atoms with Crippen molar-refractivity contribution in [3.63, 3.8) is 0 Å². The second kappa shape index (κ2) is 6.74. The van der Waals surface area contributed by atoms with Crippen molar-refractivity contribution in [2.24, 2.45) is 0 Å². The van der Waals surface area contributed by atoms with Crippen molar-refractivity contribution in [2.45, 2.75) is 6.92 Å². The lowest BCUT2D eigenvalue weighted by atomic mass is 10.2. The van der Waals surface area contributed by atoms with Crippen molar-refractivity contribution in [2.75, 3.05) is 10.6 Å². The minimum absolute atomic E-state index is 0.489. The van der Waals surface area contributed by atoms with E-state index in [1.807, 2.05) is 13.0 Å². The summed E-state index contributed by atoms with van der Waals surface area (Å²) in [5.74, 6) is -1.49. The minimum atomic E-state index is -0.750. The van der Waals surface area contributed by atoms with Crippen LogP contribution in [-0.2, 0) is 9.59 Å². The lowest BCUT2D eigenvalue weighted by molar-refractivity contribution is -0.133. The zero-order chi connectivity index (χ0) is 15.4. The summed E-state index contributed by atoms with van der Waals surface area (Å²) in [4.78, 5) is 23.7. The Balaban J connectivity index is 2.06. The van der Waals surface area contributed by atoms with Gasteiger partial charge in [-0.2, -0.15) is 0 Å². The van der Waals surface area contributed by atoms with Crippen LogP contribution in [0.25, 0.3) is 0 Å². The Bertz CT molecular complexity index is 704. The van der Waals surface area contributed by atoms with E-state index in [1.165, 1.54) is 0 Å². The van der Waals surface area contributed by atoms with Crippen molar-refractivity contribution >= 4 is 50.7 Å². The Morgan fingerprint density at radius 3 is 2.48 bits per heavy atom. The summed E-state index contributed by atoms with van der Waals surface area (Å²) >= 11 is 9.16. The van der Waals surface area contributed by atoms with Crippen LogP contribution in [0.2, 0.25) is 5.02 Å². The lowest BCUT2D eigenvalue weighted by Gasteiger charge is -2.09. The first kappa shape index (κ1) is 15.5. The van der Waals surface area contributed by atoms with Gasteiger partial charge in [-0.3, -0.25) is 9.59 Å². The van der Waals surface area contributed by atoms with E-state index >= 15 is 0 Å².